The molecule has 0 aromatic heterocycles. The molecule has 0 bridgehead atoms. The molecule has 0 saturated carbocycles. The molecule has 2 aromatic carbocycles. The smallest absolute Gasteiger partial charge is 0.314 e. The van der Waals surface area contributed by atoms with Crippen molar-refractivity contribution in [1.82, 2.24) is 0 Å². The minimum Gasteiger partial charge on any atom is -0.491 e. The number of methoxy groups -OCH3 is 1. The van der Waals surface area contributed by atoms with E-state index < -0.39 is 37.3 Å². The van der Waals surface area contributed by atoms with Gasteiger partial charge in [0.05, 0.1) is 12.0 Å². The number of para-hydroxylation sites is 1. The number of nitro benzene ring substituents is 1. The second-order valence-corrected chi connectivity index (χ2v) is 6.99. The molecule has 10 nitrogen and oxygen atoms in total. The van der Waals surface area contributed by atoms with Crippen LogP contribution >= 0.6 is 0 Å². The van der Waals surface area contributed by atoms with Crippen molar-refractivity contribution in [2.45, 2.75) is 11.8 Å². The first kappa shape index (κ1) is 21.1. The molecule has 0 aliphatic rings. The van der Waals surface area contributed by atoms with Crippen LogP contribution in [0, 0.1) is 10.1 Å². The summed E-state index contributed by atoms with van der Waals surface area (Å²) in [5.41, 5.74) is -0.709. The first-order valence-corrected chi connectivity index (χ1v) is 9.36. The first-order chi connectivity index (χ1) is 13.2. The zero-order valence-electron chi connectivity index (χ0n) is 15.1. The van der Waals surface area contributed by atoms with Crippen molar-refractivity contribution in [1.29, 1.82) is 0 Å². The van der Waals surface area contributed by atoms with Gasteiger partial charge in [0.1, 0.15) is 23.9 Å². The van der Waals surface area contributed by atoms with Crippen molar-refractivity contribution in [2.75, 3.05) is 25.6 Å². The van der Waals surface area contributed by atoms with Crippen LogP contribution in [0.4, 0.5) is 11.4 Å². The predicted molar refractivity (Wildman–Crippen MR) is 99.0 cm³/mol. The molecule has 0 heterocycles. The number of benzene rings is 2. The Morgan fingerprint density at radius 1 is 1.18 bits per heavy atom. The van der Waals surface area contributed by atoms with Crippen LogP contribution < -0.4 is 14.8 Å². The molecule has 0 radical (unpaired) electrons. The number of nitrogens with one attached hydrogen (secondary N) is 1. The Morgan fingerprint density at radius 3 is 2.43 bits per heavy atom. The van der Waals surface area contributed by atoms with Gasteiger partial charge in [-0.2, -0.15) is 8.42 Å². The lowest BCUT2D eigenvalue weighted by molar-refractivity contribution is -0.385. The van der Waals surface area contributed by atoms with E-state index in [0.29, 0.717) is 5.75 Å². The highest BCUT2D eigenvalue weighted by Gasteiger charge is 2.29. The molecule has 2 aromatic rings. The highest BCUT2D eigenvalue weighted by Crippen LogP contribution is 2.38. The van der Waals surface area contributed by atoms with E-state index in [1.165, 1.54) is 6.92 Å². The number of nitrogens with zero attached hydrogens (tertiary/aromatic N) is 1. The highest BCUT2D eigenvalue weighted by atomic mass is 32.2. The molecule has 11 heteroatoms. The largest absolute Gasteiger partial charge is 0.491 e. The van der Waals surface area contributed by atoms with Crippen molar-refractivity contribution in [3.05, 3.63) is 52.6 Å². The fraction of sp³-hybridized carbons (Fsp3) is 0.235. The molecule has 0 aliphatic heterocycles. The van der Waals surface area contributed by atoms with Crippen LogP contribution in [0.5, 0.6) is 11.5 Å². The molecule has 28 heavy (non-hydrogen) atoms. The third-order valence-corrected chi connectivity index (χ3v) is 4.68. The van der Waals surface area contributed by atoms with Crippen LogP contribution in [0.1, 0.15) is 6.92 Å². The van der Waals surface area contributed by atoms with Crippen LogP contribution in [0.25, 0.3) is 0 Å². The van der Waals surface area contributed by atoms with E-state index in [2.05, 4.69) is 5.32 Å². The monoisotopic (exact) mass is 410 g/mol. The number of anilines is 1. The van der Waals surface area contributed by atoms with E-state index in [1.54, 1.807) is 30.3 Å². The summed E-state index contributed by atoms with van der Waals surface area (Å²) in [6.45, 7) is 0.777. The van der Waals surface area contributed by atoms with Crippen LogP contribution in [-0.2, 0) is 19.1 Å². The number of rotatable bonds is 9. The van der Waals surface area contributed by atoms with Crippen molar-refractivity contribution < 1.29 is 31.8 Å². The van der Waals surface area contributed by atoms with Gasteiger partial charge in [-0.1, -0.05) is 18.2 Å². The number of carbonyl (C=O) groups is 1. The summed E-state index contributed by atoms with van der Waals surface area (Å²) in [4.78, 5) is 21.1. The van der Waals surface area contributed by atoms with E-state index in [-0.39, 0.29) is 18.9 Å². The van der Waals surface area contributed by atoms with Gasteiger partial charge in [0.25, 0.3) is 0 Å². The van der Waals surface area contributed by atoms with Crippen LogP contribution in [0.15, 0.2) is 47.4 Å². The van der Waals surface area contributed by atoms with Gasteiger partial charge in [0.15, 0.2) is 0 Å². The second kappa shape index (κ2) is 9.15. The Balaban J connectivity index is 2.25. The fourth-order valence-corrected chi connectivity index (χ4v) is 3.37. The van der Waals surface area contributed by atoms with Gasteiger partial charge < -0.3 is 14.8 Å². The van der Waals surface area contributed by atoms with Crippen LogP contribution in [-0.4, -0.2) is 39.6 Å². The molecule has 0 fully saturated rings. The summed E-state index contributed by atoms with van der Waals surface area (Å²) >= 11 is 0. The maximum absolute atomic E-state index is 12.5. The summed E-state index contributed by atoms with van der Waals surface area (Å²) in [6.07, 6.45) is 0. The van der Waals surface area contributed by atoms with Crippen molar-refractivity contribution >= 4 is 27.4 Å². The third-order valence-electron chi connectivity index (χ3n) is 3.36. The average molecular weight is 410 g/mol. The molecule has 0 spiro atoms. The van der Waals surface area contributed by atoms with Gasteiger partial charge in [-0.25, -0.2) is 0 Å². The van der Waals surface area contributed by atoms with E-state index in [1.807, 2.05) is 0 Å². The Labute approximate surface area is 161 Å². The normalized spacial score (nSPS) is 10.9. The topological polar surface area (TPSA) is 134 Å². The molecule has 0 atom stereocenters. The zero-order valence-corrected chi connectivity index (χ0v) is 15.9. The Kier molecular flexibility index (Phi) is 6.90. The SMILES string of the molecule is COc1c([N+](=O)[O-])cc(NC(C)=O)cc1S(=O)(=O)OCCOc1ccccc1. The summed E-state index contributed by atoms with van der Waals surface area (Å²) in [7, 11) is -3.34. The minimum atomic E-state index is -4.43. The quantitative estimate of drug-likeness (QED) is 0.288. The number of carbonyl (C=O) groups excluding carboxylic acids is 1. The predicted octanol–water partition coefficient (Wildman–Crippen LogP) is 2.35. The molecular formula is C17H18N2O8S. The lowest BCUT2D eigenvalue weighted by Gasteiger charge is -2.13. The summed E-state index contributed by atoms with van der Waals surface area (Å²) in [5, 5.41) is 13.6. The molecule has 2 rings (SSSR count). The number of hydrogen-bond donors (Lipinski definition) is 1. The Bertz CT molecular complexity index is 961. The average Bonchev–Trinajstić information content (AvgIpc) is 2.65. The Morgan fingerprint density at radius 2 is 1.86 bits per heavy atom. The fourth-order valence-electron chi connectivity index (χ4n) is 2.27. The van der Waals surface area contributed by atoms with Crippen molar-refractivity contribution in [3.63, 3.8) is 0 Å². The molecule has 150 valence electrons. The summed E-state index contributed by atoms with van der Waals surface area (Å²) < 4.78 is 40.3. The van der Waals surface area contributed by atoms with E-state index in [9.17, 15) is 23.3 Å². The maximum Gasteiger partial charge on any atom is 0.314 e. The number of amides is 1. The zero-order chi connectivity index (χ0) is 20.7. The van der Waals surface area contributed by atoms with Crippen LogP contribution in [0.3, 0.4) is 0 Å². The van der Waals surface area contributed by atoms with E-state index >= 15 is 0 Å². The van der Waals surface area contributed by atoms with E-state index in [0.717, 1.165) is 19.2 Å². The molecule has 1 amide bonds. The van der Waals surface area contributed by atoms with Gasteiger partial charge >= 0.3 is 15.8 Å². The summed E-state index contributed by atoms with van der Waals surface area (Å²) in [6, 6.07) is 10.7. The molecular weight excluding hydrogens is 392 g/mol. The van der Waals surface area contributed by atoms with Gasteiger partial charge in [-0.3, -0.25) is 19.1 Å². The standard InChI is InChI=1S/C17H18N2O8S/c1-12(20)18-13-10-15(19(21)22)17(25-2)16(11-13)28(23,24)27-9-8-26-14-6-4-3-5-7-14/h3-7,10-11H,8-9H2,1-2H3,(H,18,20). The number of hydrogen-bond acceptors (Lipinski definition) is 8. The van der Waals surface area contributed by atoms with E-state index in [4.69, 9.17) is 13.7 Å². The molecule has 0 unspecified atom stereocenters. The molecule has 1 N–H and O–H groups in total. The third kappa shape index (κ3) is 5.41. The lowest BCUT2D eigenvalue weighted by atomic mass is 10.2. The minimum absolute atomic E-state index is 0.0704. The Hall–Kier alpha value is -3.18. The van der Waals surface area contributed by atoms with Crippen molar-refractivity contribution in [3.8, 4) is 11.5 Å². The first-order valence-electron chi connectivity index (χ1n) is 7.96. The lowest BCUT2D eigenvalue weighted by Crippen LogP contribution is -2.15. The molecule has 0 saturated heterocycles. The van der Waals surface area contributed by atoms with Gasteiger partial charge in [0.2, 0.25) is 11.7 Å². The maximum atomic E-state index is 12.5. The van der Waals surface area contributed by atoms with Gasteiger partial charge in [-0.05, 0) is 18.2 Å². The highest BCUT2D eigenvalue weighted by molar-refractivity contribution is 7.86. The van der Waals surface area contributed by atoms with Crippen molar-refractivity contribution in [2.24, 2.45) is 0 Å². The van der Waals surface area contributed by atoms with Gasteiger partial charge in [-0.15, -0.1) is 0 Å². The molecule has 0 aliphatic carbocycles. The number of nitro groups is 1. The van der Waals surface area contributed by atoms with Gasteiger partial charge in [0, 0.05) is 18.7 Å². The summed E-state index contributed by atoms with van der Waals surface area (Å²) in [5.74, 6) is -0.493. The van der Waals surface area contributed by atoms with Crippen LogP contribution in [0.2, 0.25) is 0 Å². The second-order valence-electron chi connectivity index (χ2n) is 5.40. The number of ether oxygens (including phenoxy) is 2.